The van der Waals surface area contributed by atoms with E-state index in [1.807, 2.05) is 0 Å². The maximum Gasteiger partial charge on any atom is 0.0892 e. The largest absolute Gasteiger partial charge is 0.370 e. The van der Waals surface area contributed by atoms with Crippen LogP contribution < -0.4 is 14.9 Å². The van der Waals surface area contributed by atoms with Crippen LogP contribution in [0.4, 0.5) is 17.1 Å². The Morgan fingerprint density at radius 2 is 1.97 bits per heavy atom. The number of piperidine rings is 1. The third-order valence-electron chi connectivity index (χ3n) is 8.07. The van der Waals surface area contributed by atoms with Crippen molar-refractivity contribution in [3.63, 3.8) is 0 Å². The van der Waals surface area contributed by atoms with E-state index in [1.54, 1.807) is 11.9 Å². The molecule has 1 atom stereocenters. The molecule has 7 heteroatoms. The second-order valence-electron chi connectivity index (χ2n) is 10.8. The fourth-order valence-corrected chi connectivity index (χ4v) is 6.39. The van der Waals surface area contributed by atoms with Gasteiger partial charge in [0.15, 0.2) is 0 Å². The minimum absolute atomic E-state index is 0.211. The molecule has 2 aliphatic heterocycles. The zero-order chi connectivity index (χ0) is 25.5. The number of aromatic nitrogens is 1. The van der Waals surface area contributed by atoms with E-state index in [0.29, 0.717) is 0 Å². The fourth-order valence-electron chi connectivity index (χ4n) is 5.79. The third-order valence-corrected chi connectivity index (χ3v) is 8.89. The van der Waals surface area contributed by atoms with Crippen molar-refractivity contribution in [2.75, 3.05) is 48.7 Å². The lowest BCUT2D eigenvalue weighted by Gasteiger charge is -2.38. The van der Waals surface area contributed by atoms with E-state index in [9.17, 15) is 0 Å². The maximum atomic E-state index is 6.31. The Morgan fingerprint density at radius 3 is 2.76 bits per heavy atom. The number of hydrogen-bond acceptors (Lipinski definition) is 6. The first kappa shape index (κ1) is 24.4. The summed E-state index contributed by atoms with van der Waals surface area (Å²) in [6.45, 7) is 9.41. The highest BCUT2D eigenvalue weighted by molar-refractivity contribution is 8.00. The van der Waals surface area contributed by atoms with Gasteiger partial charge in [-0.25, -0.2) is 0 Å². The first-order valence-electron chi connectivity index (χ1n) is 13.5. The highest BCUT2D eigenvalue weighted by atomic mass is 32.2. The Labute approximate surface area is 224 Å². The zero-order valence-corrected chi connectivity index (χ0v) is 22.9. The van der Waals surface area contributed by atoms with Crippen LogP contribution >= 0.6 is 11.9 Å². The number of nitrogens with zero attached hydrogens (tertiary/aromatic N) is 5. The molecule has 1 aliphatic carbocycles. The lowest BCUT2D eigenvalue weighted by Crippen LogP contribution is -2.41. The van der Waals surface area contributed by atoms with Crippen LogP contribution in [0.3, 0.4) is 0 Å². The summed E-state index contributed by atoms with van der Waals surface area (Å²) in [7, 11) is 2.18. The number of para-hydroxylation sites is 1. The van der Waals surface area contributed by atoms with Crippen molar-refractivity contribution in [2.45, 2.75) is 38.3 Å². The average Bonchev–Trinajstić information content (AvgIpc) is 3.67. The number of nitrogens with two attached hydrogens (primary N) is 1. The van der Waals surface area contributed by atoms with E-state index in [0.717, 1.165) is 68.4 Å². The van der Waals surface area contributed by atoms with Crippen molar-refractivity contribution in [3.8, 4) is 0 Å². The first-order chi connectivity index (χ1) is 18.0. The highest BCUT2D eigenvalue weighted by Crippen LogP contribution is 2.45. The molecule has 0 amide bonds. The average molecular weight is 515 g/mol. The van der Waals surface area contributed by atoms with E-state index >= 15 is 0 Å². The number of anilines is 2. The number of rotatable bonds is 7. The summed E-state index contributed by atoms with van der Waals surface area (Å²) >= 11 is 1.78. The van der Waals surface area contributed by atoms with E-state index in [2.05, 4.69) is 87.2 Å². The number of benzene rings is 2. The van der Waals surface area contributed by atoms with E-state index < -0.39 is 0 Å². The molecule has 1 unspecified atom stereocenters. The predicted molar refractivity (Wildman–Crippen MR) is 160 cm³/mol. The lowest BCUT2D eigenvalue weighted by molar-refractivity contribution is 0.296. The quantitative estimate of drug-likeness (QED) is 0.322. The van der Waals surface area contributed by atoms with Crippen LogP contribution in [0, 0.1) is 5.92 Å². The van der Waals surface area contributed by atoms with Crippen molar-refractivity contribution in [1.29, 1.82) is 0 Å². The van der Waals surface area contributed by atoms with Gasteiger partial charge >= 0.3 is 0 Å². The summed E-state index contributed by atoms with van der Waals surface area (Å²) in [5.41, 5.74) is 14.4. The molecule has 6 rings (SSSR count). The Balaban J connectivity index is 1.42. The smallest absolute Gasteiger partial charge is 0.0892 e. The van der Waals surface area contributed by atoms with Gasteiger partial charge in [-0.3, -0.25) is 4.99 Å². The standard InChI is InChI=1S/C30H38N6S/c1-21(34-12-6-8-25(31)20-34)24-16-27(30-29(17-24)36(37-3)14-13-33(30)2)32-18-26-15-23-7-4-5-9-28(23)35(26)19-22-10-11-22/h4-5,7,9,15-18,22,25H,1,6,8,10-14,19-20,31H2,2-3H3. The van der Waals surface area contributed by atoms with Crippen LogP contribution in [0.2, 0.25) is 0 Å². The second-order valence-corrected chi connectivity index (χ2v) is 11.6. The number of fused-ring (bicyclic) bond motifs is 2. The SMILES string of the molecule is C=C(c1cc(N=Cc2cc3ccccc3n2CC2CC2)c2c(c1)N(SC)CCN2C)N1CCCC(N)C1. The fraction of sp³-hybridized carbons (Fsp3) is 0.433. The molecule has 1 saturated heterocycles. The molecule has 2 aromatic carbocycles. The molecule has 6 nitrogen and oxygen atoms in total. The second kappa shape index (κ2) is 10.1. The number of hydrogen-bond donors (Lipinski definition) is 1. The van der Waals surface area contributed by atoms with E-state index in [1.165, 1.54) is 40.8 Å². The van der Waals surface area contributed by atoms with Gasteiger partial charge in [-0.2, -0.15) is 0 Å². The van der Waals surface area contributed by atoms with Crippen LogP contribution in [0.1, 0.15) is 36.9 Å². The van der Waals surface area contributed by atoms with Gasteiger partial charge in [0.1, 0.15) is 0 Å². The van der Waals surface area contributed by atoms with Crippen LogP contribution in [-0.2, 0) is 6.54 Å². The molecular weight excluding hydrogens is 476 g/mol. The maximum absolute atomic E-state index is 6.31. The Kier molecular flexibility index (Phi) is 6.67. The summed E-state index contributed by atoms with van der Waals surface area (Å²) in [4.78, 5) is 9.89. The van der Waals surface area contributed by atoms with Gasteiger partial charge in [-0.1, -0.05) is 36.7 Å². The zero-order valence-electron chi connectivity index (χ0n) is 22.1. The van der Waals surface area contributed by atoms with Gasteiger partial charge in [0.25, 0.3) is 0 Å². The summed E-state index contributed by atoms with van der Waals surface area (Å²) < 4.78 is 4.84. The van der Waals surface area contributed by atoms with Crippen molar-refractivity contribution >= 4 is 51.8 Å². The molecule has 194 valence electrons. The van der Waals surface area contributed by atoms with Crippen LogP contribution in [0.15, 0.2) is 54.0 Å². The van der Waals surface area contributed by atoms with Gasteiger partial charge in [0.2, 0.25) is 0 Å². The van der Waals surface area contributed by atoms with Gasteiger partial charge in [0.05, 0.1) is 29.0 Å². The van der Waals surface area contributed by atoms with Gasteiger partial charge < -0.3 is 24.4 Å². The predicted octanol–water partition coefficient (Wildman–Crippen LogP) is 5.73. The Bertz CT molecular complexity index is 1340. The van der Waals surface area contributed by atoms with Crippen LogP contribution in [0.25, 0.3) is 16.6 Å². The normalized spacial score (nSPS) is 20.2. The topological polar surface area (TPSA) is 53.0 Å². The molecule has 3 aromatic rings. The molecule has 3 heterocycles. The first-order valence-corrected chi connectivity index (χ1v) is 14.7. The lowest BCUT2D eigenvalue weighted by atomic mass is 10.0. The summed E-state index contributed by atoms with van der Waals surface area (Å²) in [5, 5.41) is 1.28. The van der Waals surface area contributed by atoms with Crippen LogP contribution in [-0.4, -0.2) is 61.2 Å². The molecular formula is C30H38N6S. The van der Waals surface area contributed by atoms with Gasteiger partial charge in [-0.05, 0) is 55.9 Å². The molecule has 0 radical (unpaired) electrons. The molecule has 37 heavy (non-hydrogen) atoms. The minimum Gasteiger partial charge on any atom is -0.370 e. The monoisotopic (exact) mass is 514 g/mol. The Morgan fingerprint density at radius 1 is 1.14 bits per heavy atom. The van der Waals surface area contributed by atoms with E-state index in [4.69, 9.17) is 10.7 Å². The molecule has 1 aromatic heterocycles. The molecule has 2 fully saturated rings. The Hall–Kier alpha value is -2.90. The molecule has 3 aliphatic rings. The molecule has 1 saturated carbocycles. The van der Waals surface area contributed by atoms with Crippen LogP contribution in [0.5, 0.6) is 0 Å². The van der Waals surface area contributed by atoms with E-state index in [-0.39, 0.29) is 6.04 Å². The summed E-state index contributed by atoms with van der Waals surface area (Å²) in [6.07, 6.45) is 9.09. The number of aliphatic imine (C=N–C) groups is 1. The van der Waals surface area contributed by atoms with Crippen molar-refractivity contribution in [2.24, 2.45) is 16.6 Å². The van der Waals surface area contributed by atoms with Crippen molar-refractivity contribution in [3.05, 3.63) is 60.3 Å². The summed E-state index contributed by atoms with van der Waals surface area (Å²) in [5.74, 6) is 0.791. The van der Waals surface area contributed by atoms with Crippen molar-refractivity contribution < 1.29 is 0 Å². The minimum atomic E-state index is 0.211. The number of likely N-dealkylation sites (N-methyl/N-ethyl adjacent to an activating group) is 1. The highest BCUT2D eigenvalue weighted by Gasteiger charge is 2.27. The molecule has 2 N–H and O–H groups in total. The van der Waals surface area contributed by atoms with Gasteiger partial charge in [-0.15, -0.1) is 0 Å². The molecule has 0 bridgehead atoms. The third kappa shape index (κ3) is 4.87. The van der Waals surface area contributed by atoms with Crippen molar-refractivity contribution in [1.82, 2.24) is 9.47 Å². The number of likely N-dealkylation sites (tertiary alicyclic amines) is 1. The molecule has 0 spiro atoms. The summed E-state index contributed by atoms with van der Waals surface area (Å²) in [6, 6.07) is 15.7. The van der Waals surface area contributed by atoms with Gasteiger partial charge in [0, 0.05) is 74.2 Å².